The van der Waals surface area contributed by atoms with Crippen LogP contribution in [0.1, 0.15) is 6.42 Å². The number of H-pyrrole nitrogens is 1. The first-order valence-electron chi connectivity index (χ1n) is 9.57. The fraction of sp³-hybridized carbons (Fsp3) is 0.238. The molecule has 2 heterocycles. The minimum absolute atomic E-state index is 0.0427. The molecule has 1 saturated heterocycles. The first kappa shape index (κ1) is 18.7. The predicted octanol–water partition coefficient (Wildman–Crippen LogP) is 3.31. The van der Waals surface area contributed by atoms with Crippen LogP contribution in [0.4, 0.5) is 22.0 Å². The van der Waals surface area contributed by atoms with Gasteiger partial charge in [-0.25, -0.2) is 9.78 Å². The third kappa shape index (κ3) is 3.96. The van der Waals surface area contributed by atoms with Gasteiger partial charge in [0.1, 0.15) is 6.54 Å². The summed E-state index contributed by atoms with van der Waals surface area (Å²) in [4.78, 5) is 30.5. The zero-order valence-corrected chi connectivity index (χ0v) is 15.9. The van der Waals surface area contributed by atoms with E-state index < -0.39 is 0 Å². The van der Waals surface area contributed by atoms with Crippen molar-refractivity contribution < 1.29 is 14.7 Å². The second-order valence-electron chi connectivity index (χ2n) is 6.95. The number of carbonyl (C=O) groups is 1. The molecule has 0 bridgehead atoms. The minimum atomic E-state index is -0.387. The number of amides is 2. The van der Waals surface area contributed by atoms with Gasteiger partial charge < -0.3 is 10.2 Å². The van der Waals surface area contributed by atoms with Crippen LogP contribution in [-0.4, -0.2) is 42.0 Å². The number of nitrogens with one attached hydrogen (secondary N) is 2. The van der Waals surface area contributed by atoms with Crippen molar-refractivity contribution >= 4 is 34.0 Å². The van der Waals surface area contributed by atoms with Gasteiger partial charge in [0, 0.05) is 24.4 Å². The van der Waals surface area contributed by atoms with Crippen LogP contribution in [0.3, 0.4) is 0 Å². The molecule has 1 fully saturated rings. The van der Waals surface area contributed by atoms with Gasteiger partial charge in [-0.15, -0.1) is 0 Å². The van der Waals surface area contributed by atoms with Gasteiger partial charge in [0.05, 0.1) is 29.9 Å². The maximum atomic E-state index is 12.9. The number of nitro groups is 1. The van der Waals surface area contributed by atoms with Crippen molar-refractivity contribution in [3.63, 3.8) is 0 Å². The Bertz CT molecular complexity index is 1050. The van der Waals surface area contributed by atoms with Crippen LogP contribution in [0.25, 0.3) is 10.8 Å². The fourth-order valence-corrected chi connectivity index (χ4v) is 3.69. The Morgan fingerprint density at radius 3 is 2.69 bits per heavy atom. The number of fused-ring (bicyclic) bond motifs is 1. The molecule has 0 aliphatic carbocycles. The lowest BCUT2D eigenvalue weighted by Crippen LogP contribution is -2.39. The quantitative estimate of drug-likeness (QED) is 0.547. The summed E-state index contributed by atoms with van der Waals surface area (Å²) >= 11 is 0. The molecule has 4 rings (SSSR count). The van der Waals surface area contributed by atoms with E-state index in [9.17, 15) is 14.9 Å². The minimum Gasteiger partial charge on any atom is -0.320 e. The average molecular weight is 392 g/mol. The molecule has 2 amide bonds. The summed E-state index contributed by atoms with van der Waals surface area (Å²) in [6.07, 6.45) is 2.40. The Balaban J connectivity index is 1.47. The molecule has 0 radical (unpaired) electrons. The van der Waals surface area contributed by atoms with Gasteiger partial charge in [-0.3, -0.25) is 15.0 Å². The van der Waals surface area contributed by atoms with E-state index >= 15 is 0 Å². The number of rotatable bonds is 3. The molecule has 148 valence electrons. The van der Waals surface area contributed by atoms with Crippen LogP contribution in [-0.2, 0) is 0 Å². The van der Waals surface area contributed by atoms with Gasteiger partial charge in [-0.1, -0.05) is 36.4 Å². The zero-order valence-electron chi connectivity index (χ0n) is 15.9. The lowest BCUT2D eigenvalue weighted by atomic mass is 10.1. The molecule has 1 aliphatic heterocycles. The largest absolute Gasteiger partial charge is 0.357 e. The molecule has 3 aromatic rings. The number of nitrogens with zero attached hydrogens (tertiary/aromatic N) is 3. The molecule has 0 atom stereocenters. The molecule has 29 heavy (non-hydrogen) atoms. The summed E-state index contributed by atoms with van der Waals surface area (Å²) in [5.41, 5.74) is 0.822. The molecular weight excluding hydrogens is 370 g/mol. The Labute approximate surface area is 167 Å². The number of benzene rings is 2. The van der Waals surface area contributed by atoms with Crippen molar-refractivity contribution in [2.75, 3.05) is 36.4 Å². The van der Waals surface area contributed by atoms with E-state index in [1.54, 1.807) is 17.2 Å². The molecule has 2 N–H and O–H groups in total. The highest BCUT2D eigenvalue weighted by Gasteiger charge is 2.30. The van der Waals surface area contributed by atoms with Gasteiger partial charge in [0.15, 0.2) is 0 Å². The summed E-state index contributed by atoms with van der Waals surface area (Å²) in [6.45, 7) is 2.23. The number of aromatic nitrogens is 1. The predicted molar refractivity (Wildman–Crippen MR) is 111 cm³/mol. The van der Waals surface area contributed by atoms with Gasteiger partial charge >= 0.3 is 17.5 Å². The number of urea groups is 1. The summed E-state index contributed by atoms with van der Waals surface area (Å²) < 4.78 is 0. The van der Waals surface area contributed by atoms with E-state index in [0.29, 0.717) is 32.0 Å². The maximum absolute atomic E-state index is 12.9. The normalized spacial score (nSPS) is 14.5. The van der Waals surface area contributed by atoms with Gasteiger partial charge in [-0.2, -0.15) is 0 Å². The van der Waals surface area contributed by atoms with Crippen LogP contribution in [0.2, 0.25) is 0 Å². The van der Waals surface area contributed by atoms with E-state index in [-0.39, 0.29) is 16.6 Å². The molecule has 8 heteroatoms. The number of carbonyl (C=O) groups excluding carboxylic acids is 1. The van der Waals surface area contributed by atoms with Crippen molar-refractivity contribution in [2.24, 2.45) is 0 Å². The van der Waals surface area contributed by atoms with E-state index in [1.165, 1.54) is 6.07 Å². The standard InChI is InChI=1S/C21H21N5O3/c27-21(23-18-9-3-7-16-6-1-2-8-17(16)18)25-13-5-12-24(14-15-25)20-19(26(28)29)10-4-11-22-20/h1-4,6-11H,5,12-15H2,(H,23,27)/p+1. The van der Waals surface area contributed by atoms with Gasteiger partial charge in [-0.05, 0) is 17.5 Å². The topological polar surface area (TPSA) is 92.9 Å². The summed E-state index contributed by atoms with van der Waals surface area (Å²) in [6, 6.07) is 16.7. The Kier molecular flexibility index (Phi) is 5.24. The van der Waals surface area contributed by atoms with E-state index in [0.717, 1.165) is 22.9 Å². The van der Waals surface area contributed by atoms with E-state index in [2.05, 4.69) is 10.3 Å². The monoisotopic (exact) mass is 392 g/mol. The highest BCUT2D eigenvalue weighted by Crippen LogP contribution is 2.25. The van der Waals surface area contributed by atoms with Gasteiger partial charge in [0.25, 0.3) is 0 Å². The first-order valence-corrected chi connectivity index (χ1v) is 9.57. The van der Waals surface area contributed by atoms with Gasteiger partial charge in [0.2, 0.25) is 0 Å². The average Bonchev–Trinajstić information content (AvgIpc) is 3.00. The Hall–Kier alpha value is -3.68. The SMILES string of the molecule is O=C(Nc1cccc2ccccc12)N1CCCN(c2[nH+]cccc2[N+](=O)[O-])CC1. The lowest BCUT2D eigenvalue weighted by Gasteiger charge is -2.21. The first-order chi connectivity index (χ1) is 14.1. The third-order valence-electron chi connectivity index (χ3n) is 5.14. The summed E-state index contributed by atoms with van der Waals surface area (Å²) in [5, 5.41) is 16.4. The second-order valence-corrected chi connectivity index (χ2v) is 6.95. The summed E-state index contributed by atoms with van der Waals surface area (Å²) in [7, 11) is 0. The lowest BCUT2D eigenvalue weighted by molar-refractivity contribution is -0.411. The molecule has 1 aliphatic rings. The summed E-state index contributed by atoms with van der Waals surface area (Å²) in [5.74, 6) is 0.480. The molecular formula is C21H22N5O3+. The molecule has 1 aromatic heterocycles. The smallest absolute Gasteiger partial charge is 0.320 e. The third-order valence-corrected chi connectivity index (χ3v) is 5.14. The van der Waals surface area contributed by atoms with Crippen LogP contribution in [0.15, 0.2) is 60.8 Å². The zero-order chi connectivity index (χ0) is 20.2. The Morgan fingerprint density at radius 2 is 1.83 bits per heavy atom. The number of aromatic amines is 1. The van der Waals surface area contributed by atoms with Crippen LogP contribution in [0.5, 0.6) is 0 Å². The van der Waals surface area contributed by atoms with Crippen LogP contribution < -0.4 is 15.2 Å². The van der Waals surface area contributed by atoms with Crippen molar-refractivity contribution in [3.8, 4) is 0 Å². The Morgan fingerprint density at radius 1 is 1.00 bits per heavy atom. The van der Waals surface area contributed by atoms with Crippen molar-refractivity contribution in [3.05, 3.63) is 70.9 Å². The van der Waals surface area contributed by atoms with E-state index in [1.807, 2.05) is 47.4 Å². The molecule has 8 nitrogen and oxygen atoms in total. The second kappa shape index (κ2) is 8.14. The van der Waals surface area contributed by atoms with E-state index in [4.69, 9.17) is 0 Å². The molecule has 0 spiro atoms. The number of hydrogen-bond acceptors (Lipinski definition) is 4. The number of pyridine rings is 1. The highest BCUT2D eigenvalue weighted by atomic mass is 16.6. The van der Waals surface area contributed by atoms with Crippen molar-refractivity contribution in [1.29, 1.82) is 0 Å². The number of hydrogen-bond donors (Lipinski definition) is 1. The van der Waals surface area contributed by atoms with Crippen molar-refractivity contribution in [1.82, 2.24) is 4.90 Å². The van der Waals surface area contributed by atoms with Crippen LogP contribution >= 0.6 is 0 Å². The molecule has 0 unspecified atom stereocenters. The number of anilines is 2. The fourth-order valence-electron chi connectivity index (χ4n) is 3.69. The maximum Gasteiger partial charge on any atom is 0.357 e. The molecule has 2 aromatic carbocycles. The van der Waals surface area contributed by atoms with Crippen molar-refractivity contribution in [2.45, 2.75) is 6.42 Å². The van der Waals surface area contributed by atoms with Crippen LogP contribution in [0, 0.1) is 10.1 Å². The molecule has 0 saturated carbocycles. The highest BCUT2D eigenvalue weighted by molar-refractivity contribution is 6.01.